The highest BCUT2D eigenvalue weighted by molar-refractivity contribution is 8.23. The molecule has 0 bridgehead atoms. The van der Waals surface area contributed by atoms with E-state index in [1.165, 1.54) is 11.8 Å². The number of carbonyl (C=O) groups excluding carboxylic acids is 1. The van der Waals surface area contributed by atoms with E-state index >= 15 is 0 Å². The molecule has 1 aromatic carbocycles. The Morgan fingerprint density at radius 2 is 2.03 bits per heavy atom. The summed E-state index contributed by atoms with van der Waals surface area (Å²) >= 11 is 10.6. The Bertz CT molecular complexity index is 909. The number of hydrazone groups is 1. The van der Waals surface area contributed by atoms with Crippen molar-refractivity contribution in [3.8, 4) is 5.75 Å². The molecule has 0 spiro atoms. The molecule has 5 nitrogen and oxygen atoms in total. The van der Waals surface area contributed by atoms with Gasteiger partial charge in [-0.05, 0) is 29.1 Å². The van der Waals surface area contributed by atoms with Crippen LogP contribution in [-0.2, 0) is 4.79 Å². The van der Waals surface area contributed by atoms with Crippen LogP contribution in [0.3, 0.4) is 0 Å². The number of ether oxygens (including phenoxy) is 1. The molecule has 2 aliphatic rings. The summed E-state index contributed by atoms with van der Waals surface area (Å²) in [6.07, 6.45) is 0.705. The Morgan fingerprint density at radius 1 is 1.27 bits per heavy atom. The van der Waals surface area contributed by atoms with Gasteiger partial charge in [0.2, 0.25) is 0 Å². The van der Waals surface area contributed by atoms with Gasteiger partial charge in [0, 0.05) is 31.0 Å². The molecule has 2 aromatic rings. The minimum Gasteiger partial charge on any atom is -0.497 e. The van der Waals surface area contributed by atoms with E-state index < -0.39 is 0 Å². The topological polar surface area (TPSA) is 45.1 Å². The van der Waals surface area contributed by atoms with E-state index in [-0.39, 0.29) is 11.9 Å². The molecule has 0 saturated carbocycles. The first-order valence-corrected chi connectivity index (χ1v) is 13.2. The van der Waals surface area contributed by atoms with Gasteiger partial charge in [0.15, 0.2) is 0 Å². The van der Waals surface area contributed by atoms with Crippen molar-refractivity contribution in [2.24, 2.45) is 5.10 Å². The van der Waals surface area contributed by atoms with E-state index in [9.17, 15) is 4.79 Å². The van der Waals surface area contributed by atoms with E-state index in [2.05, 4.69) is 11.0 Å². The molecular weight excluding hydrogens is 455 g/mol. The molecule has 1 saturated heterocycles. The van der Waals surface area contributed by atoms with Crippen molar-refractivity contribution < 1.29 is 9.53 Å². The highest BCUT2D eigenvalue weighted by Gasteiger charge is 2.33. The number of hydrogen-bond donors (Lipinski definition) is 0. The van der Waals surface area contributed by atoms with Crippen LogP contribution < -0.4 is 4.74 Å². The standard InChI is InChI=1S/C21H23N3O2S4/c1-26-16-6-4-15(5-7-16)18-13-17(19-3-2-10-29-19)22-24(18)20(25)14-30-21(27)23-8-11-28-12-9-23/h2-7,10,18H,8-9,11-14H2,1H3/t18-/m0/s1. The van der Waals surface area contributed by atoms with Crippen LogP contribution in [0.2, 0.25) is 0 Å². The summed E-state index contributed by atoms with van der Waals surface area (Å²) in [5.41, 5.74) is 2.01. The fourth-order valence-corrected chi connectivity index (χ4v) is 6.17. The molecule has 0 N–H and O–H groups in total. The molecule has 4 rings (SSSR count). The summed E-state index contributed by atoms with van der Waals surface area (Å²) < 4.78 is 6.09. The minimum absolute atomic E-state index is 0.0129. The molecule has 3 heterocycles. The van der Waals surface area contributed by atoms with Crippen molar-refractivity contribution in [1.29, 1.82) is 0 Å². The van der Waals surface area contributed by atoms with Crippen LogP contribution in [0.15, 0.2) is 46.9 Å². The first kappa shape index (κ1) is 21.7. The first-order valence-electron chi connectivity index (χ1n) is 9.72. The van der Waals surface area contributed by atoms with Crippen molar-refractivity contribution >= 4 is 63.0 Å². The smallest absolute Gasteiger partial charge is 0.253 e. The van der Waals surface area contributed by atoms with Crippen LogP contribution in [0.5, 0.6) is 5.75 Å². The van der Waals surface area contributed by atoms with E-state index in [1.807, 2.05) is 47.5 Å². The summed E-state index contributed by atoms with van der Waals surface area (Å²) in [7, 11) is 1.65. The summed E-state index contributed by atoms with van der Waals surface area (Å²) in [6, 6.07) is 11.8. The van der Waals surface area contributed by atoms with Gasteiger partial charge in [-0.25, -0.2) is 5.01 Å². The Kier molecular flexibility index (Phi) is 7.35. The second kappa shape index (κ2) is 10.2. The third kappa shape index (κ3) is 5.01. The Morgan fingerprint density at radius 3 is 2.70 bits per heavy atom. The fourth-order valence-electron chi connectivity index (χ4n) is 3.44. The number of rotatable bonds is 5. The third-order valence-electron chi connectivity index (χ3n) is 5.06. The van der Waals surface area contributed by atoms with Crippen LogP contribution in [0.1, 0.15) is 22.9 Å². The highest BCUT2D eigenvalue weighted by atomic mass is 32.2. The van der Waals surface area contributed by atoms with Crippen molar-refractivity contribution in [3.63, 3.8) is 0 Å². The summed E-state index contributed by atoms with van der Waals surface area (Å²) in [5.74, 6) is 3.27. The molecule has 0 radical (unpaired) electrons. The maximum atomic E-state index is 13.1. The lowest BCUT2D eigenvalue weighted by Crippen LogP contribution is -2.36. The van der Waals surface area contributed by atoms with Gasteiger partial charge in [0.05, 0.1) is 29.5 Å². The summed E-state index contributed by atoms with van der Waals surface area (Å²) in [6.45, 7) is 1.92. The molecule has 1 fully saturated rings. The van der Waals surface area contributed by atoms with Crippen molar-refractivity contribution in [2.45, 2.75) is 12.5 Å². The summed E-state index contributed by atoms with van der Waals surface area (Å²) in [4.78, 5) is 16.5. The number of hydrogen-bond acceptors (Lipinski definition) is 7. The molecule has 0 aliphatic carbocycles. The third-order valence-corrected chi connectivity index (χ3v) is 8.43. The van der Waals surface area contributed by atoms with Gasteiger partial charge < -0.3 is 9.64 Å². The number of thioether (sulfide) groups is 2. The van der Waals surface area contributed by atoms with Crippen LogP contribution in [0, 0.1) is 0 Å². The van der Waals surface area contributed by atoms with Gasteiger partial charge in [-0.15, -0.1) is 11.3 Å². The van der Waals surface area contributed by atoms with Gasteiger partial charge in [-0.1, -0.05) is 42.2 Å². The molecule has 1 aromatic heterocycles. The summed E-state index contributed by atoms with van der Waals surface area (Å²) in [5, 5.41) is 8.42. The largest absolute Gasteiger partial charge is 0.497 e. The Labute approximate surface area is 194 Å². The molecule has 1 amide bonds. The maximum Gasteiger partial charge on any atom is 0.253 e. The van der Waals surface area contributed by atoms with Crippen LogP contribution in [0.25, 0.3) is 0 Å². The predicted molar refractivity (Wildman–Crippen MR) is 132 cm³/mol. The van der Waals surface area contributed by atoms with Crippen molar-refractivity contribution in [2.75, 3.05) is 37.5 Å². The average Bonchev–Trinajstić information content (AvgIpc) is 3.48. The van der Waals surface area contributed by atoms with E-state index in [1.54, 1.807) is 23.5 Å². The molecule has 9 heteroatoms. The van der Waals surface area contributed by atoms with E-state index in [0.29, 0.717) is 12.2 Å². The molecule has 1 atom stereocenters. The average molecular weight is 478 g/mol. The lowest BCUT2D eigenvalue weighted by atomic mass is 10.0. The Hall–Kier alpha value is -1.55. The van der Waals surface area contributed by atoms with Gasteiger partial charge in [-0.2, -0.15) is 16.9 Å². The Balaban J connectivity index is 1.48. The second-order valence-electron chi connectivity index (χ2n) is 6.91. The lowest BCUT2D eigenvalue weighted by Gasteiger charge is -2.28. The number of thiocarbonyl (C=S) groups is 1. The second-order valence-corrected chi connectivity index (χ2v) is 10.7. The number of nitrogens with zero attached hydrogens (tertiary/aromatic N) is 3. The quantitative estimate of drug-likeness (QED) is 0.591. The fraction of sp³-hybridized carbons (Fsp3) is 0.381. The van der Waals surface area contributed by atoms with Gasteiger partial charge in [-0.3, -0.25) is 4.79 Å². The number of amides is 1. The van der Waals surface area contributed by atoms with E-state index in [4.69, 9.17) is 22.1 Å². The molecule has 0 unspecified atom stereocenters. The molecule has 30 heavy (non-hydrogen) atoms. The zero-order valence-electron chi connectivity index (χ0n) is 16.7. The SMILES string of the molecule is COc1ccc([C@@H]2CC(c3cccs3)=NN2C(=O)CSC(=S)N2CCSCC2)cc1. The number of carbonyl (C=O) groups is 1. The monoisotopic (exact) mass is 477 g/mol. The number of benzene rings is 1. The maximum absolute atomic E-state index is 13.1. The highest BCUT2D eigenvalue weighted by Crippen LogP contribution is 2.35. The zero-order chi connectivity index (χ0) is 20.9. The molecule has 158 valence electrons. The van der Waals surface area contributed by atoms with E-state index in [0.717, 1.165) is 50.8 Å². The first-order chi connectivity index (χ1) is 14.7. The number of thiophene rings is 1. The van der Waals surface area contributed by atoms with Crippen molar-refractivity contribution in [1.82, 2.24) is 9.91 Å². The number of methoxy groups -OCH3 is 1. The predicted octanol–water partition coefficient (Wildman–Crippen LogP) is 4.50. The molecule has 2 aliphatic heterocycles. The van der Waals surface area contributed by atoms with Gasteiger partial charge >= 0.3 is 0 Å². The zero-order valence-corrected chi connectivity index (χ0v) is 19.9. The lowest BCUT2D eigenvalue weighted by molar-refractivity contribution is -0.130. The van der Waals surface area contributed by atoms with Crippen LogP contribution >= 0.6 is 47.1 Å². The van der Waals surface area contributed by atoms with Crippen molar-refractivity contribution in [3.05, 3.63) is 52.2 Å². The van der Waals surface area contributed by atoms with Crippen LogP contribution in [0.4, 0.5) is 0 Å². The normalized spacial score (nSPS) is 19.0. The van der Waals surface area contributed by atoms with Crippen LogP contribution in [-0.4, -0.2) is 63.3 Å². The molecular formula is C21H23N3O2S4. The minimum atomic E-state index is -0.110. The van der Waals surface area contributed by atoms with Gasteiger partial charge in [0.1, 0.15) is 10.1 Å². The van der Waals surface area contributed by atoms with Gasteiger partial charge in [0.25, 0.3) is 5.91 Å².